The fraction of sp³-hybridized carbons (Fsp3) is 0.529. The molecule has 0 spiro atoms. The average molecular weight is 382 g/mol. The molecule has 1 heterocycles. The predicted molar refractivity (Wildman–Crippen MR) is 93.9 cm³/mol. The van der Waals surface area contributed by atoms with E-state index < -0.39 is 6.04 Å². The van der Waals surface area contributed by atoms with Gasteiger partial charge in [-0.25, -0.2) is 0 Å². The Morgan fingerprint density at radius 1 is 1.39 bits per heavy atom. The molecule has 2 amide bonds. The lowest BCUT2D eigenvalue weighted by atomic mass is 10.1. The van der Waals surface area contributed by atoms with Gasteiger partial charge >= 0.3 is 0 Å². The lowest BCUT2D eigenvalue weighted by molar-refractivity contribution is -0.141. The monoisotopic (exact) mass is 381 g/mol. The molecule has 1 fully saturated rings. The van der Waals surface area contributed by atoms with Gasteiger partial charge in [0.1, 0.15) is 0 Å². The van der Waals surface area contributed by atoms with Crippen LogP contribution in [0.2, 0.25) is 0 Å². The highest BCUT2D eigenvalue weighted by atomic mass is 79.9. The predicted octanol–water partition coefficient (Wildman–Crippen LogP) is 2.01. The Morgan fingerprint density at radius 2 is 2.13 bits per heavy atom. The summed E-state index contributed by atoms with van der Waals surface area (Å²) in [5, 5.41) is 3.18. The Balaban J connectivity index is 1.99. The highest BCUT2D eigenvalue weighted by Gasteiger charge is 2.30. The number of hydrogen-bond acceptors (Lipinski definition) is 3. The molecule has 0 aromatic heterocycles. The van der Waals surface area contributed by atoms with Crippen molar-refractivity contribution >= 4 is 27.7 Å². The van der Waals surface area contributed by atoms with Crippen molar-refractivity contribution < 1.29 is 9.59 Å². The van der Waals surface area contributed by atoms with Gasteiger partial charge in [0.2, 0.25) is 11.8 Å². The highest BCUT2D eigenvalue weighted by molar-refractivity contribution is 9.10. The Hall–Kier alpha value is -1.40. The van der Waals surface area contributed by atoms with Gasteiger partial charge in [0.25, 0.3) is 0 Å². The molecule has 1 saturated heterocycles. The molecule has 0 bridgehead atoms. The molecule has 1 aromatic rings. The van der Waals surface area contributed by atoms with E-state index in [0.717, 1.165) is 16.6 Å². The fourth-order valence-electron chi connectivity index (χ4n) is 2.84. The number of nitrogens with one attached hydrogen (secondary N) is 1. The first kappa shape index (κ1) is 17.9. The highest BCUT2D eigenvalue weighted by Crippen LogP contribution is 2.16. The number of hydrogen-bond donors (Lipinski definition) is 1. The van der Waals surface area contributed by atoms with E-state index in [2.05, 4.69) is 21.2 Å². The van der Waals surface area contributed by atoms with Crippen LogP contribution in [-0.4, -0.2) is 53.8 Å². The molecule has 1 unspecified atom stereocenters. The zero-order valence-electron chi connectivity index (χ0n) is 13.7. The van der Waals surface area contributed by atoms with Crippen molar-refractivity contribution in [3.8, 4) is 0 Å². The number of carbonyl (C=O) groups is 2. The van der Waals surface area contributed by atoms with E-state index in [4.69, 9.17) is 0 Å². The van der Waals surface area contributed by atoms with E-state index in [0.29, 0.717) is 26.2 Å². The number of nitrogens with zero attached hydrogens (tertiary/aromatic N) is 2. The summed E-state index contributed by atoms with van der Waals surface area (Å²) in [7, 11) is 0. The summed E-state index contributed by atoms with van der Waals surface area (Å²) in [4.78, 5) is 28.5. The Morgan fingerprint density at radius 3 is 2.78 bits per heavy atom. The van der Waals surface area contributed by atoms with Crippen molar-refractivity contribution in [3.05, 3.63) is 34.3 Å². The maximum absolute atomic E-state index is 12.6. The summed E-state index contributed by atoms with van der Waals surface area (Å²) in [6, 6.07) is 7.55. The molecular weight excluding hydrogens is 358 g/mol. The summed E-state index contributed by atoms with van der Waals surface area (Å²) in [6.07, 6.45) is 0.232. The summed E-state index contributed by atoms with van der Waals surface area (Å²) in [5.74, 6) is 0.0434. The minimum Gasteiger partial charge on any atom is -0.343 e. The number of amides is 2. The topological polar surface area (TPSA) is 52.7 Å². The second-order valence-corrected chi connectivity index (χ2v) is 6.58. The van der Waals surface area contributed by atoms with Crippen molar-refractivity contribution in [1.29, 1.82) is 0 Å². The van der Waals surface area contributed by atoms with Crippen LogP contribution in [0.5, 0.6) is 0 Å². The van der Waals surface area contributed by atoms with Crippen LogP contribution in [0, 0.1) is 0 Å². The number of piperazine rings is 1. The summed E-state index contributed by atoms with van der Waals surface area (Å²) < 4.78 is 1.01. The van der Waals surface area contributed by atoms with Crippen LogP contribution in [0.4, 0.5) is 0 Å². The lowest BCUT2D eigenvalue weighted by Crippen LogP contribution is -2.56. The van der Waals surface area contributed by atoms with Crippen molar-refractivity contribution in [3.63, 3.8) is 0 Å². The largest absolute Gasteiger partial charge is 0.343 e. The molecule has 1 aromatic carbocycles. The molecule has 0 radical (unpaired) electrons. The molecule has 6 heteroatoms. The van der Waals surface area contributed by atoms with Crippen LogP contribution in [0.1, 0.15) is 25.8 Å². The average Bonchev–Trinajstić information content (AvgIpc) is 2.52. The third kappa shape index (κ3) is 4.78. The molecule has 1 atom stereocenters. The lowest BCUT2D eigenvalue weighted by Gasteiger charge is -2.34. The molecule has 0 aliphatic carbocycles. The van der Waals surface area contributed by atoms with Crippen molar-refractivity contribution in [2.75, 3.05) is 26.2 Å². The van der Waals surface area contributed by atoms with Gasteiger partial charge in [-0.1, -0.05) is 28.1 Å². The Kier molecular flexibility index (Phi) is 6.59. The molecule has 1 aliphatic rings. The molecule has 23 heavy (non-hydrogen) atoms. The molecule has 1 aliphatic heterocycles. The van der Waals surface area contributed by atoms with Gasteiger partial charge in [0.15, 0.2) is 0 Å². The van der Waals surface area contributed by atoms with Gasteiger partial charge in [0.05, 0.1) is 12.5 Å². The number of rotatable bonds is 6. The zero-order chi connectivity index (χ0) is 16.8. The first-order valence-electron chi connectivity index (χ1n) is 8.09. The van der Waals surface area contributed by atoms with Gasteiger partial charge in [-0.15, -0.1) is 0 Å². The second-order valence-electron chi connectivity index (χ2n) is 5.67. The minimum atomic E-state index is -0.413. The third-order valence-corrected chi connectivity index (χ3v) is 4.63. The maximum Gasteiger partial charge on any atom is 0.240 e. The van der Waals surface area contributed by atoms with Crippen LogP contribution in [-0.2, 0) is 16.1 Å². The van der Waals surface area contributed by atoms with Crippen molar-refractivity contribution in [2.45, 2.75) is 32.9 Å². The van der Waals surface area contributed by atoms with Crippen LogP contribution >= 0.6 is 15.9 Å². The summed E-state index contributed by atoms with van der Waals surface area (Å²) >= 11 is 3.45. The number of benzene rings is 1. The van der Waals surface area contributed by atoms with E-state index in [1.54, 1.807) is 4.90 Å². The smallest absolute Gasteiger partial charge is 0.240 e. The molecule has 5 nitrogen and oxygen atoms in total. The minimum absolute atomic E-state index is 0.0109. The first-order chi connectivity index (χ1) is 11.0. The normalized spacial score (nSPS) is 18.1. The van der Waals surface area contributed by atoms with E-state index in [1.807, 2.05) is 43.0 Å². The van der Waals surface area contributed by atoms with Gasteiger partial charge in [-0.3, -0.25) is 9.59 Å². The third-order valence-electron chi connectivity index (χ3n) is 4.14. The van der Waals surface area contributed by atoms with Crippen LogP contribution in [0.15, 0.2) is 28.7 Å². The Labute approximate surface area is 146 Å². The quantitative estimate of drug-likeness (QED) is 0.819. The summed E-state index contributed by atoms with van der Waals surface area (Å²) in [6.45, 7) is 7.23. The zero-order valence-corrected chi connectivity index (χ0v) is 15.3. The first-order valence-corrected chi connectivity index (χ1v) is 8.88. The fourth-order valence-corrected chi connectivity index (χ4v) is 3.29. The van der Waals surface area contributed by atoms with Gasteiger partial charge < -0.3 is 15.1 Å². The molecule has 1 N–H and O–H groups in total. The number of halogens is 1. The van der Waals surface area contributed by atoms with E-state index in [9.17, 15) is 9.59 Å². The van der Waals surface area contributed by atoms with Crippen LogP contribution < -0.4 is 5.32 Å². The van der Waals surface area contributed by atoms with E-state index in [1.165, 1.54) is 0 Å². The summed E-state index contributed by atoms with van der Waals surface area (Å²) in [5.41, 5.74) is 1.09. The van der Waals surface area contributed by atoms with Crippen LogP contribution in [0.3, 0.4) is 0 Å². The number of carbonyl (C=O) groups excluding carboxylic acids is 2. The van der Waals surface area contributed by atoms with E-state index in [-0.39, 0.29) is 18.2 Å². The molecule has 0 saturated carbocycles. The molecule has 2 rings (SSSR count). The van der Waals surface area contributed by atoms with Gasteiger partial charge in [0, 0.05) is 37.2 Å². The van der Waals surface area contributed by atoms with Gasteiger partial charge in [-0.05, 0) is 31.5 Å². The van der Waals surface area contributed by atoms with Crippen LogP contribution in [0.25, 0.3) is 0 Å². The van der Waals surface area contributed by atoms with Crippen molar-refractivity contribution in [1.82, 2.24) is 15.1 Å². The Bertz CT molecular complexity index is 561. The van der Waals surface area contributed by atoms with Gasteiger partial charge in [-0.2, -0.15) is 0 Å². The van der Waals surface area contributed by atoms with Crippen molar-refractivity contribution in [2.24, 2.45) is 0 Å². The SMILES string of the molecule is CCN(CC)C(=O)CC1NCCN(Cc2cccc(Br)c2)C1=O. The van der Waals surface area contributed by atoms with E-state index >= 15 is 0 Å². The maximum atomic E-state index is 12.6. The molecular formula is C17H24BrN3O2. The standard InChI is InChI=1S/C17H24BrN3O2/c1-3-20(4-2)16(22)11-15-17(23)21(9-8-19-15)12-13-6-5-7-14(18)10-13/h5-7,10,15,19H,3-4,8-9,11-12H2,1-2H3. The second kappa shape index (κ2) is 8.45. The molecule has 126 valence electrons.